The van der Waals surface area contributed by atoms with E-state index in [0.717, 1.165) is 38.7 Å². The lowest BCUT2D eigenvalue weighted by molar-refractivity contribution is -0.268. The lowest BCUT2D eigenvalue weighted by Crippen LogP contribution is -2.38. The van der Waals surface area contributed by atoms with Gasteiger partial charge in [0.15, 0.2) is 6.29 Å². The fraction of sp³-hybridized carbons (Fsp3) is 0.323. The molecule has 1 saturated heterocycles. The predicted octanol–water partition coefficient (Wildman–Crippen LogP) is 6.18. The van der Waals surface area contributed by atoms with E-state index in [1.165, 1.54) is 6.08 Å². The minimum absolute atomic E-state index is 0.00154. The van der Waals surface area contributed by atoms with Crippen molar-refractivity contribution in [3.05, 3.63) is 108 Å². The fourth-order valence-electron chi connectivity index (χ4n) is 4.37. The second-order valence-corrected chi connectivity index (χ2v) is 10.3. The van der Waals surface area contributed by atoms with Crippen molar-refractivity contribution in [3.63, 3.8) is 0 Å². The maximum atomic E-state index is 11.7. The van der Waals surface area contributed by atoms with E-state index in [0.29, 0.717) is 6.54 Å². The van der Waals surface area contributed by atoms with E-state index in [-0.39, 0.29) is 31.3 Å². The topological polar surface area (TPSA) is 86.3 Å². The van der Waals surface area contributed by atoms with Gasteiger partial charge < -0.3 is 29.4 Å². The van der Waals surface area contributed by atoms with Crippen molar-refractivity contribution >= 4 is 17.9 Å². The van der Waals surface area contributed by atoms with Gasteiger partial charge in [-0.1, -0.05) is 80.2 Å². The highest BCUT2D eigenvalue weighted by molar-refractivity contribution is 7.99. The number of thioether (sulfide) groups is 1. The zero-order chi connectivity index (χ0) is 27.6. The third kappa shape index (κ3) is 7.64. The van der Waals surface area contributed by atoms with Crippen LogP contribution in [-0.2, 0) is 27.4 Å². The number of para-hydroxylation sites is 1. The Bertz CT molecular complexity index is 1220. The van der Waals surface area contributed by atoms with Crippen LogP contribution in [0.5, 0.6) is 5.75 Å². The van der Waals surface area contributed by atoms with Gasteiger partial charge in [0.05, 0.1) is 25.9 Å². The van der Waals surface area contributed by atoms with E-state index in [9.17, 15) is 9.90 Å². The molecule has 2 N–H and O–H groups in total. The van der Waals surface area contributed by atoms with Crippen LogP contribution < -0.4 is 10.1 Å². The Morgan fingerprint density at radius 1 is 1.03 bits per heavy atom. The second kappa shape index (κ2) is 14.2. The maximum absolute atomic E-state index is 11.7. The number of hydrogen-bond acceptors (Lipinski definition) is 7. The van der Waals surface area contributed by atoms with Gasteiger partial charge >= 0.3 is 6.09 Å². The second-order valence-electron chi connectivity index (χ2n) is 9.27. The van der Waals surface area contributed by atoms with Crippen molar-refractivity contribution in [3.8, 4) is 5.75 Å². The zero-order valence-electron chi connectivity index (χ0n) is 22.2. The first-order valence-corrected chi connectivity index (χ1v) is 13.9. The number of rotatable bonds is 11. The van der Waals surface area contributed by atoms with E-state index in [1.807, 2.05) is 66.7 Å². The summed E-state index contributed by atoms with van der Waals surface area (Å²) in [5, 5.41) is 12.2. The van der Waals surface area contributed by atoms with Crippen molar-refractivity contribution < 1.29 is 28.8 Å². The number of aliphatic hydroxyl groups is 1. The molecule has 206 valence electrons. The average molecular weight is 550 g/mol. The molecule has 7 nitrogen and oxygen atoms in total. The van der Waals surface area contributed by atoms with E-state index in [1.54, 1.807) is 18.9 Å². The highest BCUT2D eigenvalue weighted by atomic mass is 32.2. The first-order valence-electron chi connectivity index (χ1n) is 12.9. The summed E-state index contributed by atoms with van der Waals surface area (Å²) >= 11 is 1.70. The van der Waals surface area contributed by atoms with E-state index < -0.39 is 12.4 Å². The monoisotopic (exact) mass is 549 g/mol. The summed E-state index contributed by atoms with van der Waals surface area (Å²) in [6.45, 7) is 6.19. The predicted molar refractivity (Wildman–Crippen MR) is 152 cm³/mol. The Labute approximate surface area is 234 Å². The number of aliphatic hydroxyl groups excluding tert-OH is 1. The summed E-state index contributed by atoms with van der Waals surface area (Å²) in [5.41, 5.74) is 3.72. The van der Waals surface area contributed by atoms with Gasteiger partial charge in [-0.25, -0.2) is 4.79 Å². The van der Waals surface area contributed by atoms with Crippen LogP contribution >= 0.6 is 11.8 Å². The van der Waals surface area contributed by atoms with Gasteiger partial charge in [-0.15, -0.1) is 11.8 Å². The lowest BCUT2D eigenvalue weighted by Gasteiger charge is -2.41. The number of nitrogens with one attached hydrogen (secondary N) is 1. The Morgan fingerprint density at radius 2 is 1.72 bits per heavy atom. The highest BCUT2D eigenvalue weighted by Crippen LogP contribution is 2.43. The SMILES string of the molecule is C=CCOC(=O)NCc1ccc([C@H]2O[C@@H](CSc3ccccc3OC)[C@@H](C)[C@@H](c3ccc(CO)cc3)O2)cc1. The van der Waals surface area contributed by atoms with Gasteiger partial charge in [0.2, 0.25) is 0 Å². The summed E-state index contributed by atoms with van der Waals surface area (Å²) in [6.07, 6.45) is 0.183. The normalized spacial score (nSPS) is 20.7. The third-order valence-electron chi connectivity index (χ3n) is 6.62. The quantitative estimate of drug-likeness (QED) is 0.218. The molecule has 1 amide bonds. The van der Waals surface area contributed by atoms with Crippen LogP contribution in [0.3, 0.4) is 0 Å². The van der Waals surface area contributed by atoms with Gasteiger partial charge in [-0.3, -0.25) is 0 Å². The molecule has 1 fully saturated rings. The molecule has 1 aliphatic heterocycles. The van der Waals surface area contributed by atoms with E-state index >= 15 is 0 Å². The van der Waals surface area contributed by atoms with Crippen LogP contribution in [0.1, 0.15) is 41.6 Å². The molecule has 3 aromatic carbocycles. The first-order chi connectivity index (χ1) is 19.0. The Kier molecular flexibility index (Phi) is 10.4. The number of alkyl carbamates (subject to hydrolysis) is 1. The number of hydrogen-bond donors (Lipinski definition) is 2. The van der Waals surface area contributed by atoms with Crippen molar-refractivity contribution in [2.75, 3.05) is 19.5 Å². The number of ether oxygens (including phenoxy) is 4. The lowest BCUT2D eigenvalue weighted by atomic mass is 9.91. The molecule has 1 heterocycles. The Hall–Kier alpha value is -3.30. The number of benzene rings is 3. The smallest absolute Gasteiger partial charge is 0.407 e. The number of methoxy groups -OCH3 is 1. The minimum Gasteiger partial charge on any atom is -0.496 e. The number of carbonyl (C=O) groups is 1. The molecule has 0 aliphatic carbocycles. The molecule has 8 heteroatoms. The van der Waals surface area contributed by atoms with Crippen molar-refractivity contribution in [1.82, 2.24) is 5.32 Å². The summed E-state index contributed by atoms with van der Waals surface area (Å²) in [7, 11) is 1.68. The molecule has 0 bridgehead atoms. The van der Waals surface area contributed by atoms with Crippen LogP contribution in [0, 0.1) is 5.92 Å². The maximum Gasteiger partial charge on any atom is 0.407 e. The van der Waals surface area contributed by atoms with E-state index in [4.69, 9.17) is 18.9 Å². The van der Waals surface area contributed by atoms with Crippen LogP contribution in [-0.4, -0.2) is 36.8 Å². The van der Waals surface area contributed by atoms with Crippen LogP contribution in [0.25, 0.3) is 0 Å². The van der Waals surface area contributed by atoms with Gasteiger partial charge in [0.1, 0.15) is 12.4 Å². The third-order valence-corrected chi connectivity index (χ3v) is 7.76. The summed E-state index contributed by atoms with van der Waals surface area (Å²) in [6, 6.07) is 23.7. The minimum atomic E-state index is -0.563. The van der Waals surface area contributed by atoms with Crippen LogP contribution in [0.4, 0.5) is 4.79 Å². The Balaban J connectivity index is 1.51. The molecule has 0 radical (unpaired) electrons. The molecular formula is C31H35NO6S. The molecule has 0 spiro atoms. The van der Waals surface area contributed by atoms with Gasteiger partial charge in [0.25, 0.3) is 0 Å². The molecule has 39 heavy (non-hydrogen) atoms. The molecule has 4 rings (SSSR count). The van der Waals surface area contributed by atoms with Crippen molar-refractivity contribution in [1.29, 1.82) is 0 Å². The fourth-order valence-corrected chi connectivity index (χ4v) is 5.57. The molecule has 0 unspecified atom stereocenters. The van der Waals surface area contributed by atoms with Gasteiger partial charge in [-0.05, 0) is 28.8 Å². The van der Waals surface area contributed by atoms with Crippen molar-refractivity contribution in [2.45, 2.75) is 43.5 Å². The largest absolute Gasteiger partial charge is 0.496 e. The molecule has 1 aliphatic rings. The molecular weight excluding hydrogens is 514 g/mol. The number of amides is 1. The van der Waals surface area contributed by atoms with Crippen LogP contribution in [0.2, 0.25) is 0 Å². The van der Waals surface area contributed by atoms with E-state index in [2.05, 4.69) is 24.9 Å². The zero-order valence-corrected chi connectivity index (χ0v) is 23.1. The molecule has 4 atom stereocenters. The molecule has 0 aromatic heterocycles. The van der Waals surface area contributed by atoms with Gasteiger partial charge in [-0.2, -0.15) is 0 Å². The highest BCUT2D eigenvalue weighted by Gasteiger charge is 2.38. The molecule has 0 saturated carbocycles. The average Bonchev–Trinajstić information content (AvgIpc) is 2.99. The number of carbonyl (C=O) groups excluding carboxylic acids is 1. The summed E-state index contributed by atoms with van der Waals surface area (Å²) < 4.78 is 23.6. The van der Waals surface area contributed by atoms with Crippen molar-refractivity contribution in [2.24, 2.45) is 5.92 Å². The van der Waals surface area contributed by atoms with Gasteiger partial charge in [0, 0.05) is 28.7 Å². The Morgan fingerprint density at radius 3 is 2.41 bits per heavy atom. The van der Waals surface area contributed by atoms with Crippen LogP contribution in [0.15, 0.2) is 90.3 Å². The summed E-state index contributed by atoms with van der Waals surface area (Å²) in [5.74, 6) is 1.64. The standard InChI is InChI=1S/C31H35NO6S/c1-4-17-36-31(34)32-18-22-9-15-25(16-10-22)30-37-27(20-39-28-8-6-5-7-26(28)35-3)21(2)29(38-30)24-13-11-23(19-33)12-14-24/h4-16,21,27,29-30,33H,1,17-20H2,2-3H3,(H,32,34)/t21-,27+,29+,30+/m1/s1. The summed E-state index contributed by atoms with van der Waals surface area (Å²) in [4.78, 5) is 12.8. The first kappa shape index (κ1) is 28.7. The molecule has 3 aromatic rings.